The molecule has 3 rings (SSSR count). The summed E-state index contributed by atoms with van der Waals surface area (Å²) in [5.74, 6) is -2.68. The highest BCUT2D eigenvalue weighted by molar-refractivity contribution is 6.27. The van der Waals surface area contributed by atoms with Crippen molar-refractivity contribution in [1.29, 1.82) is 0 Å². The van der Waals surface area contributed by atoms with Gasteiger partial charge in [0.2, 0.25) is 0 Å². The highest BCUT2D eigenvalue weighted by Gasteiger charge is 2.20. The summed E-state index contributed by atoms with van der Waals surface area (Å²) >= 11 is 0. The first-order valence-electron chi connectivity index (χ1n) is 7.90. The molecule has 1 aromatic heterocycles. The van der Waals surface area contributed by atoms with E-state index < -0.39 is 11.9 Å². The zero-order valence-electron chi connectivity index (χ0n) is 13.5. The van der Waals surface area contributed by atoms with Gasteiger partial charge in [0.15, 0.2) is 0 Å². The number of carbonyl (C=O) groups is 2. The number of rotatable bonds is 3. The van der Waals surface area contributed by atoms with Crippen molar-refractivity contribution >= 4 is 22.8 Å². The van der Waals surface area contributed by atoms with Crippen LogP contribution in [0.1, 0.15) is 31.0 Å². The van der Waals surface area contributed by atoms with Crippen LogP contribution < -0.4 is 10.5 Å². The topological polar surface area (TPSA) is 126 Å². The van der Waals surface area contributed by atoms with Gasteiger partial charge in [-0.1, -0.05) is 6.92 Å². The summed E-state index contributed by atoms with van der Waals surface area (Å²) in [7, 11) is 0. The second-order valence-electron chi connectivity index (χ2n) is 5.75. The average molecular weight is 334 g/mol. The van der Waals surface area contributed by atoms with E-state index in [0.29, 0.717) is 6.04 Å². The van der Waals surface area contributed by atoms with Gasteiger partial charge in [0.05, 0.1) is 6.61 Å². The van der Waals surface area contributed by atoms with Crippen LogP contribution >= 0.6 is 0 Å². The van der Waals surface area contributed by atoms with Gasteiger partial charge in [-0.05, 0) is 49.4 Å². The molecule has 1 unspecified atom stereocenters. The van der Waals surface area contributed by atoms with Crippen LogP contribution in [0.25, 0.3) is 10.9 Å². The molecule has 7 nitrogen and oxygen atoms in total. The van der Waals surface area contributed by atoms with Gasteiger partial charge in [0, 0.05) is 22.6 Å². The van der Waals surface area contributed by atoms with Gasteiger partial charge in [-0.15, -0.1) is 0 Å². The third kappa shape index (κ3) is 4.26. The normalized spacial score (nSPS) is 16.0. The molecule has 5 N–H and O–H groups in total. The maximum absolute atomic E-state index is 9.10. The van der Waals surface area contributed by atoms with E-state index in [1.807, 2.05) is 6.07 Å². The van der Waals surface area contributed by atoms with Crippen LogP contribution in [0.15, 0.2) is 18.2 Å². The predicted molar refractivity (Wildman–Crippen MR) is 89.4 cm³/mol. The fraction of sp³-hybridized carbons (Fsp3) is 0.412. The van der Waals surface area contributed by atoms with Crippen LogP contribution in [0.2, 0.25) is 0 Å². The number of H-pyrrole nitrogens is 1. The van der Waals surface area contributed by atoms with Crippen LogP contribution in [0, 0.1) is 0 Å². The molecule has 1 aliphatic rings. The van der Waals surface area contributed by atoms with Crippen molar-refractivity contribution in [3.8, 4) is 5.75 Å². The number of aliphatic carboxylic acids is 2. The molecule has 0 spiro atoms. The number of carboxylic acid groups (broad SMARTS) is 2. The zero-order valence-corrected chi connectivity index (χ0v) is 13.5. The number of carboxylic acids is 2. The number of fused-ring (bicyclic) bond motifs is 3. The predicted octanol–water partition coefficient (Wildman–Crippen LogP) is 1.93. The van der Waals surface area contributed by atoms with Crippen molar-refractivity contribution in [2.75, 3.05) is 6.61 Å². The van der Waals surface area contributed by atoms with Crippen molar-refractivity contribution in [2.45, 2.75) is 38.6 Å². The molecule has 2 aromatic rings. The van der Waals surface area contributed by atoms with Crippen LogP contribution in [0.3, 0.4) is 0 Å². The van der Waals surface area contributed by atoms with Gasteiger partial charge in [-0.2, -0.15) is 0 Å². The number of aromatic nitrogens is 1. The molecule has 0 saturated carbocycles. The van der Waals surface area contributed by atoms with E-state index in [-0.39, 0.29) is 0 Å². The van der Waals surface area contributed by atoms with E-state index in [4.69, 9.17) is 30.3 Å². The Labute approximate surface area is 139 Å². The first-order chi connectivity index (χ1) is 11.4. The standard InChI is InChI=1S/C15H20N2O.C2H2O4/c1-2-7-18-11-4-6-15-13(9-11)12-8-10(16)3-5-14(12)17-15;3-1(4)2(5)6/h4,6,9-10,17H,2-3,5,7-8,16H2,1H3;(H,3,4)(H,5,6). The van der Waals surface area contributed by atoms with Gasteiger partial charge in [0.25, 0.3) is 0 Å². The Morgan fingerprint density at radius 2 is 2.04 bits per heavy atom. The number of ether oxygens (including phenoxy) is 1. The third-order valence-corrected chi connectivity index (χ3v) is 3.85. The van der Waals surface area contributed by atoms with Crippen molar-refractivity contribution in [3.63, 3.8) is 0 Å². The molecule has 0 aliphatic heterocycles. The van der Waals surface area contributed by atoms with Gasteiger partial charge in [-0.3, -0.25) is 0 Å². The Bertz CT molecular complexity index is 726. The number of aromatic amines is 1. The second kappa shape index (κ2) is 7.83. The van der Waals surface area contributed by atoms with E-state index in [1.165, 1.54) is 22.2 Å². The molecule has 7 heteroatoms. The molecule has 130 valence electrons. The SMILES string of the molecule is CCCOc1ccc2[nH]c3c(c2c1)CC(N)CC3.O=C(O)C(=O)O. The van der Waals surface area contributed by atoms with E-state index in [0.717, 1.165) is 38.0 Å². The fourth-order valence-electron chi connectivity index (χ4n) is 2.73. The number of nitrogens with one attached hydrogen (secondary N) is 1. The minimum Gasteiger partial charge on any atom is -0.494 e. The third-order valence-electron chi connectivity index (χ3n) is 3.85. The monoisotopic (exact) mass is 334 g/mol. The van der Waals surface area contributed by atoms with E-state index >= 15 is 0 Å². The lowest BCUT2D eigenvalue weighted by atomic mass is 9.92. The minimum atomic E-state index is -1.82. The van der Waals surface area contributed by atoms with Crippen molar-refractivity contribution in [3.05, 3.63) is 29.5 Å². The van der Waals surface area contributed by atoms with Crippen LogP contribution in [-0.4, -0.2) is 39.8 Å². The molecule has 0 amide bonds. The van der Waals surface area contributed by atoms with Gasteiger partial charge in [0.1, 0.15) is 5.75 Å². The molecule has 0 fully saturated rings. The average Bonchev–Trinajstić information content (AvgIpc) is 2.90. The first kappa shape index (κ1) is 17.8. The maximum Gasteiger partial charge on any atom is 0.414 e. The zero-order chi connectivity index (χ0) is 17.7. The van der Waals surface area contributed by atoms with Gasteiger partial charge in [-0.25, -0.2) is 9.59 Å². The first-order valence-corrected chi connectivity index (χ1v) is 7.90. The highest BCUT2D eigenvalue weighted by atomic mass is 16.5. The minimum absolute atomic E-state index is 0.303. The number of hydrogen-bond donors (Lipinski definition) is 4. The number of nitrogens with two attached hydrogens (primary N) is 1. The maximum atomic E-state index is 9.10. The molecule has 24 heavy (non-hydrogen) atoms. The summed E-state index contributed by atoms with van der Waals surface area (Å²) in [5, 5.41) is 16.1. The lowest BCUT2D eigenvalue weighted by molar-refractivity contribution is -0.159. The van der Waals surface area contributed by atoms with Gasteiger partial charge < -0.3 is 25.7 Å². The molecule has 1 aliphatic carbocycles. The number of hydrogen-bond acceptors (Lipinski definition) is 4. The van der Waals surface area contributed by atoms with Crippen LogP contribution in [0.4, 0.5) is 0 Å². The Kier molecular flexibility index (Phi) is 5.81. The summed E-state index contributed by atoms with van der Waals surface area (Å²) in [6.45, 7) is 2.90. The highest BCUT2D eigenvalue weighted by Crippen LogP contribution is 2.31. The summed E-state index contributed by atoms with van der Waals surface area (Å²) in [6.07, 6.45) is 4.16. The second-order valence-corrected chi connectivity index (χ2v) is 5.75. The fourth-order valence-corrected chi connectivity index (χ4v) is 2.73. The van der Waals surface area contributed by atoms with Crippen LogP contribution in [-0.2, 0) is 22.4 Å². The molecule has 1 heterocycles. The van der Waals surface area contributed by atoms with Gasteiger partial charge >= 0.3 is 11.9 Å². The summed E-state index contributed by atoms with van der Waals surface area (Å²) < 4.78 is 5.71. The Morgan fingerprint density at radius 3 is 2.67 bits per heavy atom. The summed E-state index contributed by atoms with van der Waals surface area (Å²) in [4.78, 5) is 21.7. The Morgan fingerprint density at radius 1 is 1.33 bits per heavy atom. The lowest BCUT2D eigenvalue weighted by Crippen LogP contribution is -2.27. The Hall–Kier alpha value is -2.54. The molecule has 0 radical (unpaired) electrons. The van der Waals surface area contributed by atoms with Crippen molar-refractivity contribution in [1.82, 2.24) is 4.98 Å². The van der Waals surface area contributed by atoms with Crippen LogP contribution in [0.5, 0.6) is 5.75 Å². The van der Waals surface area contributed by atoms with Crippen molar-refractivity contribution in [2.24, 2.45) is 5.73 Å². The van der Waals surface area contributed by atoms with Crippen molar-refractivity contribution < 1.29 is 24.5 Å². The molecule has 0 bridgehead atoms. The Balaban J connectivity index is 0.000000301. The smallest absolute Gasteiger partial charge is 0.414 e. The molecule has 1 aromatic carbocycles. The molecular formula is C17H22N2O5. The van der Waals surface area contributed by atoms with E-state index in [1.54, 1.807) is 0 Å². The largest absolute Gasteiger partial charge is 0.494 e. The number of aryl methyl sites for hydroxylation is 1. The molecular weight excluding hydrogens is 312 g/mol. The number of benzene rings is 1. The van der Waals surface area contributed by atoms with E-state index in [9.17, 15) is 0 Å². The summed E-state index contributed by atoms with van der Waals surface area (Å²) in [5.41, 5.74) is 10.0. The lowest BCUT2D eigenvalue weighted by Gasteiger charge is -2.18. The van der Waals surface area contributed by atoms with E-state index in [2.05, 4.69) is 24.0 Å². The summed E-state index contributed by atoms with van der Waals surface area (Å²) in [6, 6.07) is 6.61. The molecule has 0 saturated heterocycles. The quantitative estimate of drug-likeness (QED) is 0.635. The molecule has 1 atom stereocenters.